The second-order valence-corrected chi connectivity index (χ2v) is 20.1. The minimum Gasteiger partial charge on any atom is -0.338 e. The van der Waals surface area contributed by atoms with Gasteiger partial charge in [0, 0.05) is 51.1 Å². The first-order valence-corrected chi connectivity index (χ1v) is 24.6. The average molecular weight is 831 g/mol. The average Bonchev–Trinajstić information content (AvgIpc) is 4.17. The lowest BCUT2D eigenvalue weighted by Crippen LogP contribution is -2.35. The molecule has 4 aromatic rings. The molecule has 0 bridgehead atoms. The number of anilines is 2. The number of nitrogens with zero attached hydrogens (tertiary/aromatic N) is 2. The number of hydrogen-bond donors (Lipinski definition) is 0. The highest BCUT2D eigenvalue weighted by molar-refractivity contribution is 5.85. The van der Waals surface area contributed by atoms with Crippen molar-refractivity contribution in [3.8, 4) is 11.1 Å². The molecule has 2 heteroatoms. The zero-order valence-corrected chi connectivity index (χ0v) is 37.0. The fourth-order valence-corrected chi connectivity index (χ4v) is 14.1. The number of allylic oxidation sites excluding steroid dienone is 16. The van der Waals surface area contributed by atoms with E-state index in [1.54, 1.807) is 22.3 Å². The molecule has 0 N–H and O–H groups in total. The molecule has 0 saturated heterocycles. The van der Waals surface area contributed by atoms with Crippen molar-refractivity contribution in [2.24, 2.45) is 11.8 Å². The second kappa shape index (κ2) is 15.3. The molecule has 0 heterocycles. The Hall–Kier alpha value is -6.12. The lowest BCUT2D eigenvalue weighted by atomic mass is 9.70. The van der Waals surface area contributed by atoms with Crippen LogP contribution in [-0.4, -0.2) is 10.9 Å². The molecule has 0 aromatic heterocycles. The van der Waals surface area contributed by atoms with Gasteiger partial charge in [-0.15, -0.1) is 0 Å². The normalized spacial score (nSPS) is 25.8. The molecule has 13 rings (SSSR count). The van der Waals surface area contributed by atoms with Crippen LogP contribution in [0, 0.1) is 11.8 Å². The smallest absolute Gasteiger partial charge is 0.0556 e. The molecule has 2 saturated carbocycles. The summed E-state index contributed by atoms with van der Waals surface area (Å²) in [7, 11) is 0. The van der Waals surface area contributed by atoms with Crippen LogP contribution in [0.1, 0.15) is 111 Å². The lowest BCUT2D eigenvalue weighted by Gasteiger charge is -2.39. The molecule has 0 aliphatic heterocycles. The van der Waals surface area contributed by atoms with Crippen molar-refractivity contribution in [3.63, 3.8) is 0 Å². The minimum atomic E-state index is 0.121. The zero-order valence-electron chi connectivity index (χ0n) is 37.0. The SMILES string of the molecule is C1=CCC(N(C2=CC=C(c3ccc(N(C4=CC5C(C=C4)c4ccccc4C54CCCC4)c4ccc5c(c4)C4(CCCC4)c4ccccc4-5)cc3)CC2)C2=C3C=CC=CC3CC=C2)C=C1. The molecular formula is C62H58N2. The Morgan fingerprint density at radius 1 is 0.578 bits per heavy atom. The van der Waals surface area contributed by atoms with Gasteiger partial charge >= 0.3 is 0 Å². The van der Waals surface area contributed by atoms with Gasteiger partial charge in [-0.2, -0.15) is 0 Å². The van der Waals surface area contributed by atoms with Crippen molar-refractivity contribution >= 4 is 16.9 Å². The van der Waals surface area contributed by atoms with E-state index in [1.165, 1.54) is 108 Å². The third kappa shape index (κ3) is 5.90. The van der Waals surface area contributed by atoms with Gasteiger partial charge in [-0.25, -0.2) is 0 Å². The van der Waals surface area contributed by atoms with Gasteiger partial charge in [0.15, 0.2) is 0 Å². The van der Waals surface area contributed by atoms with Crippen LogP contribution in [0.25, 0.3) is 16.7 Å². The van der Waals surface area contributed by atoms with Gasteiger partial charge in [-0.05, 0) is 150 Å². The van der Waals surface area contributed by atoms with Crippen molar-refractivity contribution in [3.05, 3.63) is 233 Å². The van der Waals surface area contributed by atoms with Crippen LogP contribution >= 0.6 is 0 Å². The first-order chi connectivity index (χ1) is 31.7. The van der Waals surface area contributed by atoms with E-state index < -0.39 is 0 Å². The molecule has 2 fully saturated rings. The van der Waals surface area contributed by atoms with Crippen LogP contribution in [0.15, 0.2) is 205 Å². The van der Waals surface area contributed by atoms with E-state index in [4.69, 9.17) is 0 Å². The Bertz CT molecular complexity index is 2870. The summed E-state index contributed by atoms with van der Waals surface area (Å²) in [6, 6.07) is 36.1. The number of fused-ring (bicyclic) bond motifs is 11. The topological polar surface area (TPSA) is 6.48 Å². The molecule has 4 atom stereocenters. The van der Waals surface area contributed by atoms with Crippen LogP contribution in [-0.2, 0) is 10.8 Å². The van der Waals surface area contributed by atoms with Crippen molar-refractivity contribution in [1.82, 2.24) is 4.90 Å². The number of benzene rings is 4. The van der Waals surface area contributed by atoms with E-state index in [9.17, 15) is 0 Å². The van der Waals surface area contributed by atoms with Gasteiger partial charge in [0.2, 0.25) is 0 Å². The Labute approximate surface area is 380 Å². The summed E-state index contributed by atoms with van der Waals surface area (Å²) in [6.07, 6.45) is 50.1. The zero-order chi connectivity index (χ0) is 42.2. The molecule has 0 amide bonds. The van der Waals surface area contributed by atoms with Crippen molar-refractivity contribution in [2.45, 2.75) is 99.8 Å². The molecule has 4 aromatic carbocycles. The van der Waals surface area contributed by atoms with E-state index in [-0.39, 0.29) is 10.8 Å². The van der Waals surface area contributed by atoms with Gasteiger partial charge in [0.1, 0.15) is 0 Å². The molecule has 316 valence electrons. The molecular weight excluding hydrogens is 773 g/mol. The van der Waals surface area contributed by atoms with Gasteiger partial charge in [-0.1, -0.05) is 165 Å². The second-order valence-electron chi connectivity index (χ2n) is 20.1. The van der Waals surface area contributed by atoms with E-state index >= 15 is 0 Å². The Morgan fingerprint density at radius 2 is 1.36 bits per heavy atom. The third-order valence-corrected chi connectivity index (χ3v) is 17.0. The van der Waals surface area contributed by atoms with Crippen molar-refractivity contribution < 1.29 is 0 Å². The molecule has 64 heavy (non-hydrogen) atoms. The Morgan fingerprint density at radius 3 is 2.19 bits per heavy atom. The maximum Gasteiger partial charge on any atom is 0.0556 e. The highest BCUT2D eigenvalue weighted by Gasteiger charge is 2.52. The van der Waals surface area contributed by atoms with Gasteiger partial charge in [0.05, 0.1) is 6.04 Å². The van der Waals surface area contributed by atoms with Gasteiger partial charge in [0.25, 0.3) is 0 Å². The molecule has 4 unspecified atom stereocenters. The molecule has 2 spiro atoms. The summed E-state index contributed by atoms with van der Waals surface area (Å²) in [5.41, 5.74) is 20.3. The van der Waals surface area contributed by atoms with Crippen LogP contribution in [0.5, 0.6) is 0 Å². The minimum absolute atomic E-state index is 0.121. The van der Waals surface area contributed by atoms with Crippen molar-refractivity contribution in [2.75, 3.05) is 4.90 Å². The molecule has 2 nitrogen and oxygen atoms in total. The quantitative estimate of drug-likeness (QED) is 0.183. The first-order valence-electron chi connectivity index (χ1n) is 24.6. The Balaban J connectivity index is 0.880. The molecule has 0 radical (unpaired) electrons. The van der Waals surface area contributed by atoms with E-state index in [1.807, 2.05) is 0 Å². The maximum absolute atomic E-state index is 2.70. The summed E-state index contributed by atoms with van der Waals surface area (Å²) in [5, 5.41) is 0. The van der Waals surface area contributed by atoms with Crippen LogP contribution < -0.4 is 4.90 Å². The van der Waals surface area contributed by atoms with Crippen LogP contribution in [0.4, 0.5) is 11.4 Å². The van der Waals surface area contributed by atoms with Crippen LogP contribution in [0.3, 0.4) is 0 Å². The van der Waals surface area contributed by atoms with E-state index in [0.717, 1.165) is 25.7 Å². The number of rotatable bonds is 7. The molecule has 9 aliphatic carbocycles. The summed E-state index contributed by atoms with van der Waals surface area (Å²) in [5.74, 6) is 1.37. The third-order valence-electron chi connectivity index (χ3n) is 17.0. The predicted molar refractivity (Wildman–Crippen MR) is 266 cm³/mol. The summed E-state index contributed by atoms with van der Waals surface area (Å²) in [6.45, 7) is 0. The van der Waals surface area contributed by atoms with E-state index in [0.29, 0.717) is 23.8 Å². The van der Waals surface area contributed by atoms with E-state index in [2.05, 4.69) is 192 Å². The fourth-order valence-electron chi connectivity index (χ4n) is 14.1. The monoisotopic (exact) mass is 830 g/mol. The summed E-state index contributed by atoms with van der Waals surface area (Å²) in [4.78, 5) is 5.26. The van der Waals surface area contributed by atoms with Gasteiger partial charge in [-0.3, -0.25) is 0 Å². The van der Waals surface area contributed by atoms with Gasteiger partial charge < -0.3 is 9.80 Å². The first kappa shape index (κ1) is 38.3. The lowest BCUT2D eigenvalue weighted by molar-refractivity contribution is 0.335. The highest BCUT2D eigenvalue weighted by atomic mass is 15.2. The highest BCUT2D eigenvalue weighted by Crippen LogP contribution is 2.62. The Kier molecular flexibility index (Phi) is 9.14. The maximum atomic E-state index is 2.70. The van der Waals surface area contributed by atoms with Crippen molar-refractivity contribution in [1.29, 1.82) is 0 Å². The predicted octanol–water partition coefficient (Wildman–Crippen LogP) is 15.5. The standard InChI is InChI=1S/C62H58N2/c1-2-17-46(18-3-1)64(60-24-14-16-45-15-4-5-19-51(45)60)48-31-27-44(28-32-48)43-25-29-47(30-26-43)63(49-33-35-54-52-20-6-8-22-56(52)61(58(54)41-49)37-10-11-38-61)50-34-36-55-53-21-7-9-23-57(53)62(59(55)42-50)39-12-13-40-62/h1-9,14-15,17,19-27,29-31,33-36,41-42,45-46,54,58H,10-13,16,18,28,32,37-40H2. The largest absolute Gasteiger partial charge is 0.338 e. The number of hydrogen-bond acceptors (Lipinski definition) is 2. The fraction of sp³-hybridized carbons (Fsp3) is 0.290. The summed E-state index contributed by atoms with van der Waals surface area (Å²) >= 11 is 0. The molecule has 9 aliphatic rings. The summed E-state index contributed by atoms with van der Waals surface area (Å²) < 4.78 is 0. The van der Waals surface area contributed by atoms with Crippen LogP contribution in [0.2, 0.25) is 0 Å².